The first-order valence-corrected chi connectivity index (χ1v) is 9.83. The fraction of sp³-hybridized carbons (Fsp3) is 0.333. The normalized spacial score (nSPS) is 18.1. The number of fused-ring (bicyclic) bond motifs is 2. The van der Waals surface area contributed by atoms with E-state index in [-0.39, 0.29) is 6.17 Å². The molecule has 0 spiro atoms. The van der Waals surface area contributed by atoms with E-state index < -0.39 is 0 Å². The van der Waals surface area contributed by atoms with Crippen LogP contribution in [0.2, 0.25) is 0 Å². The molecule has 0 saturated heterocycles. The first-order valence-electron chi connectivity index (χ1n) is 9.83. The third kappa shape index (κ3) is 2.88. The summed E-state index contributed by atoms with van der Waals surface area (Å²) in [6.45, 7) is 6.69. The molecule has 2 N–H and O–H groups in total. The molecular weight excluding hydrogens is 350 g/mol. The van der Waals surface area contributed by atoms with Crippen molar-refractivity contribution in [1.82, 2.24) is 29.3 Å². The molecule has 0 amide bonds. The highest BCUT2D eigenvalue weighted by Gasteiger charge is 2.30. The van der Waals surface area contributed by atoms with E-state index in [1.165, 1.54) is 5.56 Å². The highest BCUT2D eigenvalue weighted by atomic mass is 15.4. The monoisotopic (exact) mass is 375 g/mol. The van der Waals surface area contributed by atoms with Crippen LogP contribution in [-0.4, -0.2) is 30.5 Å². The van der Waals surface area contributed by atoms with E-state index in [0.717, 1.165) is 54.9 Å². The molecule has 0 radical (unpaired) electrons. The van der Waals surface area contributed by atoms with Gasteiger partial charge in [-0.15, -0.1) is 0 Å². The van der Waals surface area contributed by atoms with Gasteiger partial charge in [-0.3, -0.25) is 4.57 Å². The summed E-state index contributed by atoms with van der Waals surface area (Å²) in [7, 11) is 0. The predicted molar refractivity (Wildman–Crippen MR) is 110 cm³/mol. The van der Waals surface area contributed by atoms with Crippen molar-refractivity contribution in [1.29, 1.82) is 0 Å². The molecule has 28 heavy (non-hydrogen) atoms. The third-order valence-electron chi connectivity index (χ3n) is 5.49. The molecule has 7 nitrogen and oxygen atoms in total. The molecule has 5 rings (SSSR count). The fourth-order valence-electron chi connectivity index (χ4n) is 3.98. The van der Waals surface area contributed by atoms with Gasteiger partial charge in [0, 0.05) is 37.0 Å². The van der Waals surface area contributed by atoms with E-state index in [0.29, 0.717) is 0 Å². The maximum Gasteiger partial charge on any atom is 0.135 e. The van der Waals surface area contributed by atoms with Crippen LogP contribution in [0.1, 0.15) is 36.0 Å². The maximum atomic E-state index is 4.93. The Kier molecular flexibility index (Phi) is 4.16. The van der Waals surface area contributed by atoms with Gasteiger partial charge in [0.25, 0.3) is 0 Å². The van der Waals surface area contributed by atoms with Crippen molar-refractivity contribution >= 4 is 17.7 Å². The van der Waals surface area contributed by atoms with Gasteiger partial charge in [0.2, 0.25) is 0 Å². The summed E-state index contributed by atoms with van der Waals surface area (Å²) in [5.41, 5.74) is 3.45. The van der Waals surface area contributed by atoms with Crippen LogP contribution in [0.3, 0.4) is 0 Å². The molecule has 1 aromatic carbocycles. The predicted octanol–water partition coefficient (Wildman–Crippen LogP) is 3.24. The first-order chi connectivity index (χ1) is 13.7. The molecule has 1 atom stereocenters. The van der Waals surface area contributed by atoms with Crippen LogP contribution in [-0.2, 0) is 19.5 Å². The first kappa shape index (κ1) is 17.1. The summed E-state index contributed by atoms with van der Waals surface area (Å²) in [6, 6.07) is 8.52. The average molecular weight is 375 g/mol. The number of benzene rings is 1. The van der Waals surface area contributed by atoms with Gasteiger partial charge < -0.3 is 20.1 Å². The topological polar surface area (TPSA) is 62.9 Å². The van der Waals surface area contributed by atoms with E-state index in [4.69, 9.17) is 4.98 Å². The molecule has 0 saturated carbocycles. The minimum atomic E-state index is 0.145. The number of anilines is 2. The second kappa shape index (κ2) is 6.83. The van der Waals surface area contributed by atoms with Crippen molar-refractivity contribution in [3.05, 3.63) is 65.8 Å². The SMILES string of the molecule is CCc1nc2n(c1Nc1ccc(C)cc1)C(N1C=Cn3ccnc3C1)CNC2. The van der Waals surface area contributed by atoms with Gasteiger partial charge in [-0.1, -0.05) is 24.6 Å². The standard InChI is InChI=1S/C21H25N7/c1-3-17-21(24-16-6-4-15(2)5-7-16)28-18(25-17)12-22-13-20(28)27-11-10-26-9-8-23-19(26)14-27/h4-11,20,22,24H,3,12-14H2,1-2H3. The lowest BCUT2D eigenvalue weighted by molar-refractivity contribution is 0.167. The van der Waals surface area contributed by atoms with Crippen LogP contribution in [0, 0.1) is 6.92 Å². The van der Waals surface area contributed by atoms with Crippen molar-refractivity contribution < 1.29 is 0 Å². The lowest BCUT2D eigenvalue weighted by Crippen LogP contribution is -2.42. The van der Waals surface area contributed by atoms with Crippen LogP contribution >= 0.6 is 0 Å². The summed E-state index contributed by atoms with van der Waals surface area (Å²) in [4.78, 5) is 11.7. The summed E-state index contributed by atoms with van der Waals surface area (Å²) >= 11 is 0. The lowest BCUT2D eigenvalue weighted by atomic mass is 10.2. The number of hydrogen-bond donors (Lipinski definition) is 2. The average Bonchev–Trinajstić information content (AvgIpc) is 3.33. The molecule has 3 aromatic rings. The number of hydrogen-bond acceptors (Lipinski definition) is 5. The molecule has 144 valence electrons. The van der Waals surface area contributed by atoms with Crippen LogP contribution in [0.25, 0.3) is 6.20 Å². The zero-order valence-electron chi connectivity index (χ0n) is 16.3. The number of rotatable bonds is 4. The Morgan fingerprint density at radius 3 is 2.86 bits per heavy atom. The number of nitrogens with zero attached hydrogens (tertiary/aromatic N) is 5. The molecular formula is C21H25N7. The van der Waals surface area contributed by atoms with Crippen LogP contribution < -0.4 is 10.6 Å². The molecule has 2 aliphatic heterocycles. The summed E-state index contributed by atoms with van der Waals surface area (Å²) in [5.74, 6) is 3.22. The van der Waals surface area contributed by atoms with Crippen molar-refractivity contribution in [2.45, 2.75) is 39.5 Å². The van der Waals surface area contributed by atoms with Gasteiger partial charge in [0.05, 0.1) is 18.8 Å². The molecule has 0 fully saturated rings. The van der Waals surface area contributed by atoms with Gasteiger partial charge in [0.1, 0.15) is 23.6 Å². The molecule has 2 aliphatic rings. The van der Waals surface area contributed by atoms with Gasteiger partial charge in [-0.2, -0.15) is 0 Å². The molecule has 7 heteroatoms. The Morgan fingerprint density at radius 1 is 1.18 bits per heavy atom. The van der Waals surface area contributed by atoms with E-state index in [2.05, 4.69) is 80.2 Å². The van der Waals surface area contributed by atoms with Gasteiger partial charge in [-0.05, 0) is 25.5 Å². The number of imidazole rings is 2. The van der Waals surface area contributed by atoms with Gasteiger partial charge in [0.15, 0.2) is 0 Å². The highest BCUT2D eigenvalue weighted by Crippen LogP contribution is 2.32. The minimum absolute atomic E-state index is 0.145. The molecule has 2 aromatic heterocycles. The number of nitrogens with one attached hydrogen (secondary N) is 2. The van der Waals surface area contributed by atoms with E-state index in [1.54, 1.807) is 0 Å². The van der Waals surface area contributed by atoms with Crippen molar-refractivity contribution in [2.24, 2.45) is 0 Å². The van der Waals surface area contributed by atoms with Gasteiger partial charge in [-0.25, -0.2) is 9.97 Å². The second-order valence-electron chi connectivity index (χ2n) is 7.37. The van der Waals surface area contributed by atoms with Crippen LogP contribution in [0.5, 0.6) is 0 Å². The Hall–Kier alpha value is -3.06. The minimum Gasteiger partial charge on any atom is -0.347 e. The Bertz CT molecular complexity index is 1010. The summed E-state index contributed by atoms with van der Waals surface area (Å²) in [6.07, 6.45) is 9.10. The summed E-state index contributed by atoms with van der Waals surface area (Å²) < 4.78 is 4.43. The highest BCUT2D eigenvalue weighted by molar-refractivity contribution is 5.60. The molecule has 0 bridgehead atoms. The molecule has 0 aliphatic carbocycles. The zero-order chi connectivity index (χ0) is 19.1. The largest absolute Gasteiger partial charge is 0.347 e. The second-order valence-corrected chi connectivity index (χ2v) is 7.37. The Morgan fingerprint density at radius 2 is 2.04 bits per heavy atom. The van der Waals surface area contributed by atoms with Gasteiger partial charge >= 0.3 is 0 Å². The fourth-order valence-corrected chi connectivity index (χ4v) is 3.98. The Labute approximate surface area is 164 Å². The van der Waals surface area contributed by atoms with Crippen molar-refractivity contribution in [2.75, 3.05) is 11.9 Å². The van der Waals surface area contributed by atoms with E-state index >= 15 is 0 Å². The van der Waals surface area contributed by atoms with Crippen LogP contribution in [0.4, 0.5) is 11.5 Å². The van der Waals surface area contributed by atoms with E-state index in [1.807, 2.05) is 12.4 Å². The van der Waals surface area contributed by atoms with Crippen molar-refractivity contribution in [3.63, 3.8) is 0 Å². The summed E-state index contributed by atoms with van der Waals surface area (Å²) in [5, 5.41) is 7.17. The number of aromatic nitrogens is 4. The molecule has 4 heterocycles. The van der Waals surface area contributed by atoms with Crippen LogP contribution in [0.15, 0.2) is 42.9 Å². The van der Waals surface area contributed by atoms with Crippen molar-refractivity contribution in [3.8, 4) is 0 Å². The third-order valence-corrected chi connectivity index (χ3v) is 5.49. The number of aryl methyl sites for hydroxylation is 2. The Balaban J connectivity index is 1.52. The quantitative estimate of drug-likeness (QED) is 0.733. The maximum absolute atomic E-state index is 4.93. The smallest absolute Gasteiger partial charge is 0.135 e. The van der Waals surface area contributed by atoms with E-state index in [9.17, 15) is 0 Å². The zero-order valence-corrected chi connectivity index (χ0v) is 16.3. The molecule has 1 unspecified atom stereocenters. The lowest BCUT2D eigenvalue weighted by Gasteiger charge is -2.37.